The number of fused-ring (bicyclic) bond motifs is 3. The van der Waals surface area contributed by atoms with Crippen molar-refractivity contribution in [2.24, 2.45) is 5.92 Å². The molecule has 0 heterocycles. The molecule has 156 valence electrons. The second-order valence-corrected chi connectivity index (χ2v) is 7.28. The molecule has 0 radical (unpaired) electrons. The Labute approximate surface area is 169 Å². The highest BCUT2D eigenvalue weighted by molar-refractivity contribution is 6.30. The molecule has 1 atom stereocenters. The van der Waals surface area contributed by atoms with Crippen LogP contribution in [-0.4, -0.2) is 37.7 Å². The summed E-state index contributed by atoms with van der Waals surface area (Å²) in [5, 5.41) is 0. The maximum Gasteiger partial charge on any atom is 0.450 e. The zero-order valence-corrected chi connectivity index (χ0v) is 16.2. The molecule has 2 aromatic rings. The van der Waals surface area contributed by atoms with Crippen LogP contribution in [0.3, 0.4) is 0 Å². The molecule has 0 aromatic heterocycles. The van der Waals surface area contributed by atoms with Crippen LogP contribution in [0.4, 0.5) is 13.2 Å². The van der Waals surface area contributed by atoms with E-state index in [9.17, 15) is 27.6 Å². The maximum atomic E-state index is 13.2. The van der Waals surface area contributed by atoms with Crippen LogP contribution < -0.4 is 9.47 Å². The summed E-state index contributed by atoms with van der Waals surface area (Å²) in [6.07, 6.45) is -5.14. The molecule has 0 fully saturated rings. The summed E-state index contributed by atoms with van der Waals surface area (Å²) >= 11 is 0. The van der Waals surface area contributed by atoms with Crippen LogP contribution >= 0.6 is 0 Å². The van der Waals surface area contributed by atoms with E-state index >= 15 is 0 Å². The van der Waals surface area contributed by atoms with Crippen molar-refractivity contribution in [2.45, 2.75) is 25.4 Å². The minimum Gasteiger partial charge on any atom is -0.496 e. The summed E-state index contributed by atoms with van der Waals surface area (Å²) in [6, 6.07) is 6.32. The van der Waals surface area contributed by atoms with E-state index in [0.717, 1.165) is 0 Å². The fraction of sp³-hybridized carbons (Fsp3) is 0.318. The highest BCUT2D eigenvalue weighted by Crippen LogP contribution is 2.47. The van der Waals surface area contributed by atoms with E-state index in [2.05, 4.69) is 0 Å². The van der Waals surface area contributed by atoms with E-state index in [4.69, 9.17) is 9.47 Å². The Hall–Kier alpha value is -3.16. The lowest BCUT2D eigenvalue weighted by molar-refractivity contribution is -0.175. The molecule has 0 aliphatic heterocycles. The lowest BCUT2D eigenvalue weighted by atomic mass is 9.74. The van der Waals surface area contributed by atoms with Crippen molar-refractivity contribution in [1.29, 1.82) is 0 Å². The molecule has 2 aromatic carbocycles. The van der Waals surface area contributed by atoms with Crippen LogP contribution in [0, 0.1) is 5.92 Å². The van der Waals surface area contributed by atoms with Gasteiger partial charge >= 0.3 is 6.18 Å². The first-order valence-corrected chi connectivity index (χ1v) is 9.29. The minimum atomic E-state index is -4.95. The summed E-state index contributed by atoms with van der Waals surface area (Å²) in [7, 11) is 2.63. The van der Waals surface area contributed by atoms with Crippen LogP contribution in [0.2, 0.25) is 0 Å². The number of benzene rings is 2. The molecule has 8 heteroatoms. The monoisotopic (exact) mass is 418 g/mol. The third kappa shape index (κ3) is 2.81. The molecular formula is C22H17F3O5. The Kier molecular flexibility index (Phi) is 4.67. The number of carbonyl (C=O) groups excluding carboxylic acids is 3. The summed E-state index contributed by atoms with van der Waals surface area (Å²) in [5.74, 6) is -3.77. The van der Waals surface area contributed by atoms with Crippen molar-refractivity contribution in [3.8, 4) is 11.5 Å². The van der Waals surface area contributed by atoms with E-state index in [1.807, 2.05) is 0 Å². The van der Waals surface area contributed by atoms with Gasteiger partial charge in [0.05, 0.1) is 25.3 Å². The number of halogens is 3. The van der Waals surface area contributed by atoms with Crippen molar-refractivity contribution < 1.29 is 37.0 Å². The molecule has 2 aliphatic rings. The highest BCUT2D eigenvalue weighted by atomic mass is 19.4. The average molecular weight is 418 g/mol. The van der Waals surface area contributed by atoms with Crippen molar-refractivity contribution in [1.82, 2.24) is 0 Å². The van der Waals surface area contributed by atoms with Gasteiger partial charge in [0.2, 0.25) is 5.78 Å². The highest BCUT2D eigenvalue weighted by Gasteiger charge is 2.46. The van der Waals surface area contributed by atoms with Crippen LogP contribution in [-0.2, 0) is 17.6 Å². The number of ketones is 3. The van der Waals surface area contributed by atoms with Crippen LogP contribution in [0.1, 0.15) is 49.4 Å². The van der Waals surface area contributed by atoms with E-state index in [-0.39, 0.29) is 53.0 Å². The number of carbonyl (C=O) groups is 3. The first-order valence-electron chi connectivity index (χ1n) is 9.29. The lowest BCUT2D eigenvalue weighted by Crippen LogP contribution is -2.35. The number of rotatable bonds is 3. The Morgan fingerprint density at radius 2 is 1.43 bits per heavy atom. The molecule has 0 amide bonds. The van der Waals surface area contributed by atoms with Gasteiger partial charge in [-0.3, -0.25) is 14.4 Å². The van der Waals surface area contributed by atoms with Gasteiger partial charge < -0.3 is 9.47 Å². The fourth-order valence-electron chi connectivity index (χ4n) is 4.44. The summed E-state index contributed by atoms with van der Waals surface area (Å²) in [5.41, 5.74) is 1.25. The SMILES string of the molecule is COc1c2c(c(OC)c3c1C(=O)c1ccccc1C3=O)CC(C(=O)C(F)(F)F)CC2. The Morgan fingerprint density at radius 3 is 1.90 bits per heavy atom. The second-order valence-electron chi connectivity index (χ2n) is 7.28. The molecule has 0 bridgehead atoms. The third-order valence-corrected chi connectivity index (χ3v) is 5.74. The van der Waals surface area contributed by atoms with Gasteiger partial charge in [0.25, 0.3) is 0 Å². The Morgan fingerprint density at radius 1 is 0.933 bits per heavy atom. The Balaban J connectivity index is 1.95. The van der Waals surface area contributed by atoms with Gasteiger partial charge in [-0.2, -0.15) is 13.2 Å². The predicted octanol–water partition coefficient (Wildman–Crippen LogP) is 3.72. The van der Waals surface area contributed by atoms with Crippen molar-refractivity contribution >= 4 is 17.3 Å². The van der Waals surface area contributed by atoms with E-state index in [1.54, 1.807) is 18.2 Å². The lowest BCUT2D eigenvalue weighted by Gasteiger charge is -2.31. The second kappa shape index (κ2) is 6.97. The van der Waals surface area contributed by atoms with Crippen LogP contribution in [0.5, 0.6) is 11.5 Å². The molecule has 30 heavy (non-hydrogen) atoms. The van der Waals surface area contributed by atoms with Crippen molar-refractivity contribution in [3.63, 3.8) is 0 Å². The zero-order valence-electron chi connectivity index (χ0n) is 16.2. The average Bonchev–Trinajstić information content (AvgIpc) is 2.74. The maximum absolute atomic E-state index is 13.2. The van der Waals surface area contributed by atoms with Crippen molar-refractivity contribution in [2.75, 3.05) is 14.2 Å². The molecule has 0 N–H and O–H groups in total. The zero-order chi connectivity index (χ0) is 21.8. The van der Waals surface area contributed by atoms with Gasteiger partial charge in [-0.25, -0.2) is 0 Å². The van der Waals surface area contributed by atoms with Crippen LogP contribution in [0.25, 0.3) is 0 Å². The Bertz CT molecular complexity index is 1100. The van der Waals surface area contributed by atoms with Crippen molar-refractivity contribution in [3.05, 3.63) is 57.6 Å². The molecule has 2 aliphatic carbocycles. The molecule has 4 rings (SSSR count). The topological polar surface area (TPSA) is 69.7 Å². The van der Waals surface area contributed by atoms with E-state index < -0.39 is 29.4 Å². The molecule has 1 unspecified atom stereocenters. The minimum absolute atomic E-state index is 0.0306. The summed E-state index contributed by atoms with van der Waals surface area (Å²) in [6.45, 7) is 0. The number of hydrogen-bond donors (Lipinski definition) is 0. The van der Waals surface area contributed by atoms with Gasteiger partial charge in [0.1, 0.15) is 11.5 Å². The smallest absolute Gasteiger partial charge is 0.450 e. The normalized spacial score (nSPS) is 17.7. The van der Waals surface area contributed by atoms with E-state index in [1.165, 1.54) is 20.3 Å². The summed E-state index contributed by atoms with van der Waals surface area (Å²) < 4.78 is 49.9. The molecule has 0 saturated heterocycles. The third-order valence-electron chi connectivity index (χ3n) is 5.74. The van der Waals surface area contributed by atoms with Gasteiger partial charge in [-0.15, -0.1) is 0 Å². The quantitative estimate of drug-likeness (QED) is 0.649. The number of alkyl halides is 3. The summed E-state index contributed by atoms with van der Waals surface area (Å²) in [4.78, 5) is 38.3. The van der Waals surface area contributed by atoms with Gasteiger partial charge in [0, 0.05) is 28.2 Å². The molecule has 0 spiro atoms. The van der Waals surface area contributed by atoms with Gasteiger partial charge in [-0.05, 0) is 19.3 Å². The molecular weight excluding hydrogens is 401 g/mol. The molecule has 0 saturated carbocycles. The van der Waals surface area contributed by atoms with E-state index in [0.29, 0.717) is 11.1 Å². The number of ether oxygens (including phenoxy) is 2. The number of Topliss-reactive ketones (excluding diaryl/α,β-unsaturated/α-hetero) is 1. The van der Waals surface area contributed by atoms with Crippen LogP contribution in [0.15, 0.2) is 24.3 Å². The fourth-order valence-corrected chi connectivity index (χ4v) is 4.44. The number of methoxy groups -OCH3 is 2. The first-order chi connectivity index (χ1) is 14.2. The standard InChI is InChI=1S/C22H17F3O5/c1-29-19-13-8-7-10(21(28)22(23,24)25)9-14(13)20(30-2)16-15(19)17(26)11-5-3-4-6-12(11)18(16)27/h3-6,10H,7-9H2,1-2H3. The first kappa shape index (κ1) is 20.1. The largest absolute Gasteiger partial charge is 0.496 e. The van der Waals surface area contributed by atoms with Gasteiger partial charge in [0.15, 0.2) is 11.6 Å². The molecule has 5 nitrogen and oxygen atoms in total. The number of hydrogen-bond acceptors (Lipinski definition) is 5. The predicted molar refractivity (Wildman–Crippen MR) is 99.4 cm³/mol. The van der Waals surface area contributed by atoms with Gasteiger partial charge in [-0.1, -0.05) is 24.3 Å².